The van der Waals surface area contributed by atoms with Crippen LogP contribution in [0.5, 0.6) is 5.75 Å². The van der Waals surface area contributed by atoms with E-state index in [9.17, 15) is 18.0 Å². The summed E-state index contributed by atoms with van der Waals surface area (Å²) in [5.41, 5.74) is -0.384. The molecule has 0 amide bonds. The van der Waals surface area contributed by atoms with E-state index in [1.807, 2.05) is 0 Å². The summed E-state index contributed by atoms with van der Waals surface area (Å²) >= 11 is 5.39. The molecule has 0 aliphatic carbocycles. The molecule has 0 saturated heterocycles. The van der Waals surface area contributed by atoms with Crippen molar-refractivity contribution in [3.8, 4) is 5.75 Å². The van der Waals surface area contributed by atoms with Gasteiger partial charge in [0.25, 0.3) is 0 Å². The largest absolute Gasteiger partial charge is 0.430 e. The van der Waals surface area contributed by atoms with Crippen molar-refractivity contribution in [2.45, 2.75) is 6.61 Å². The molecular weight excluding hydrogens is 221 g/mol. The average molecular weight is 225 g/mol. The van der Waals surface area contributed by atoms with Crippen LogP contribution >= 0.6 is 11.6 Å². The summed E-state index contributed by atoms with van der Waals surface area (Å²) < 4.78 is 40.5. The second-order valence-electron chi connectivity index (χ2n) is 2.28. The predicted octanol–water partition coefficient (Wildman–Crippen LogP) is 2.89. The zero-order valence-corrected chi connectivity index (χ0v) is 7.39. The third kappa shape index (κ3) is 2.17. The minimum absolute atomic E-state index is 0.185. The van der Waals surface area contributed by atoms with Gasteiger partial charge in [0.1, 0.15) is 0 Å². The second-order valence-corrected chi connectivity index (χ2v) is 2.68. The highest BCUT2D eigenvalue weighted by Crippen LogP contribution is 2.30. The lowest BCUT2D eigenvalue weighted by molar-refractivity contribution is -0.0521. The van der Waals surface area contributed by atoms with Gasteiger partial charge in [0.15, 0.2) is 17.9 Å². The molecule has 1 aromatic carbocycles. The van der Waals surface area contributed by atoms with Gasteiger partial charge in [-0.05, 0) is 12.1 Å². The van der Waals surface area contributed by atoms with Crippen LogP contribution in [0.3, 0.4) is 0 Å². The van der Waals surface area contributed by atoms with Gasteiger partial charge in [0, 0.05) is 0 Å². The predicted molar refractivity (Wildman–Crippen MR) is 43.4 cm³/mol. The van der Waals surface area contributed by atoms with Gasteiger partial charge in [-0.3, -0.25) is 4.79 Å². The summed E-state index contributed by atoms with van der Waals surface area (Å²) in [5.74, 6) is -2.00. The Bertz CT molecular complexity index is 355. The number of aldehydes is 1. The van der Waals surface area contributed by atoms with E-state index in [0.717, 1.165) is 12.1 Å². The highest BCUT2D eigenvalue weighted by atomic mass is 35.5. The SMILES string of the molecule is O=Cc1ccc(Cl)c(OC(F)F)c1F. The van der Waals surface area contributed by atoms with Crippen LogP contribution in [-0.2, 0) is 0 Å². The summed E-state index contributed by atoms with van der Waals surface area (Å²) in [6.07, 6.45) is 0.185. The Morgan fingerprint density at radius 1 is 1.43 bits per heavy atom. The Morgan fingerprint density at radius 2 is 2.07 bits per heavy atom. The minimum atomic E-state index is -3.19. The van der Waals surface area contributed by atoms with E-state index in [1.165, 1.54) is 0 Å². The molecule has 1 rings (SSSR count). The molecule has 14 heavy (non-hydrogen) atoms. The average Bonchev–Trinajstić information content (AvgIpc) is 2.12. The van der Waals surface area contributed by atoms with Gasteiger partial charge in [0.05, 0.1) is 10.6 Å². The van der Waals surface area contributed by atoms with Crippen LogP contribution in [-0.4, -0.2) is 12.9 Å². The van der Waals surface area contributed by atoms with Crippen molar-refractivity contribution >= 4 is 17.9 Å². The lowest BCUT2D eigenvalue weighted by Crippen LogP contribution is -2.05. The van der Waals surface area contributed by atoms with Crippen molar-refractivity contribution in [1.29, 1.82) is 0 Å². The first-order valence-corrected chi connectivity index (χ1v) is 3.82. The van der Waals surface area contributed by atoms with Crippen LogP contribution in [0.1, 0.15) is 10.4 Å². The Kier molecular flexibility index (Phi) is 3.35. The molecule has 0 fully saturated rings. The van der Waals surface area contributed by atoms with Crippen molar-refractivity contribution in [1.82, 2.24) is 0 Å². The molecule has 2 nitrogen and oxygen atoms in total. The second kappa shape index (κ2) is 4.32. The molecule has 0 aliphatic heterocycles. The fraction of sp³-hybridized carbons (Fsp3) is 0.125. The van der Waals surface area contributed by atoms with Crippen molar-refractivity contribution < 1.29 is 22.7 Å². The van der Waals surface area contributed by atoms with E-state index in [2.05, 4.69) is 4.74 Å². The number of hydrogen-bond acceptors (Lipinski definition) is 2. The Labute approximate surface area is 82.2 Å². The number of rotatable bonds is 3. The summed E-state index contributed by atoms with van der Waals surface area (Å²) in [4.78, 5) is 10.3. The molecule has 0 radical (unpaired) electrons. The Balaban J connectivity index is 3.18. The zero-order chi connectivity index (χ0) is 10.7. The number of alkyl halides is 2. The molecule has 0 aliphatic rings. The normalized spacial score (nSPS) is 10.4. The maximum atomic E-state index is 13.1. The van der Waals surface area contributed by atoms with Crippen LogP contribution in [0, 0.1) is 5.82 Å². The first kappa shape index (κ1) is 10.8. The van der Waals surface area contributed by atoms with E-state index >= 15 is 0 Å². The molecule has 0 saturated carbocycles. The van der Waals surface area contributed by atoms with Crippen LogP contribution in [0.15, 0.2) is 12.1 Å². The molecule has 1 aromatic rings. The Morgan fingerprint density at radius 3 is 2.57 bits per heavy atom. The molecule has 0 spiro atoms. The minimum Gasteiger partial charge on any atom is -0.430 e. The number of benzene rings is 1. The van der Waals surface area contributed by atoms with E-state index in [4.69, 9.17) is 11.6 Å². The van der Waals surface area contributed by atoms with Crippen molar-refractivity contribution in [3.63, 3.8) is 0 Å². The smallest absolute Gasteiger partial charge is 0.387 e. The highest BCUT2D eigenvalue weighted by molar-refractivity contribution is 6.32. The van der Waals surface area contributed by atoms with Crippen molar-refractivity contribution in [2.75, 3.05) is 0 Å². The van der Waals surface area contributed by atoms with Gasteiger partial charge in [-0.25, -0.2) is 4.39 Å². The van der Waals surface area contributed by atoms with E-state index in [1.54, 1.807) is 0 Å². The van der Waals surface area contributed by atoms with Crippen molar-refractivity contribution in [3.05, 3.63) is 28.5 Å². The molecule has 0 aromatic heterocycles. The molecule has 0 heterocycles. The molecule has 76 valence electrons. The third-order valence-corrected chi connectivity index (χ3v) is 1.71. The van der Waals surface area contributed by atoms with Gasteiger partial charge in [0.2, 0.25) is 0 Å². The number of carbonyl (C=O) groups is 1. The Hall–Kier alpha value is -1.23. The number of ether oxygens (including phenoxy) is 1. The van der Waals surface area contributed by atoms with E-state index in [-0.39, 0.29) is 16.9 Å². The van der Waals surface area contributed by atoms with Crippen LogP contribution in [0.2, 0.25) is 5.02 Å². The topological polar surface area (TPSA) is 26.3 Å². The fourth-order valence-corrected chi connectivity index (χ4v) is 1.03. The van der Waals surface area contributed by atoms with Gasteiger partial charge in [-0.1, -0.05) is 11.6 Å². The first-order chi connectivity index (χ1) is 6.56. The molecule has 6 heteroatoms. The van der Waals surface area contributed by atoms with E-state index in [0.29, 0.717) is 0 Å². The monoisotopic (exact) mass is 224 g/mol. The van der Waals surface area contributed by atoms with Crippen LogP contribution in [0.25, 0.3) is 0 Å². The molecule has 0 N–H and O–H groups in total. The lowest BCUT2D eigenvalue weighted by atomic mass is 10.2. The van der Waals surface area contributed by atoms with Gasteiger partial charge < -0.3 is 4.74 Å². The number of halogens is 4. The van der Waals surface area contributed by atoms with Gasteiger partial charge in [-0.2, -0.15) is 8.78 Å². The van der Waals surface area contributed by atoms with Crippen LogP contribution in [0.4, 0.5) is 13.2 Å². The van der Waals surface area contributed by atoms with Gasteiger partial charge >= 0.3 is 6.61 Å². The summed E-state index contributed by atoms with van der Waals surface area (Å²) in [5, 5.41) is -0.312. The summed E-state index contributed by atoms with van der Waals surface area (Å²) in [6.45, 7) is -3.19. The molecule has 0 unspecified atom stereocenters. The van der Waals surface area contributed by atoms with Crippen LogP contribution < -0.4 is 4.74 Å². The maximum Gasteiger partial charge on any atom is 0.387 e. The highest BCUT2D eigenvalue weighted by Gasteiger charge is 2.16. The van der Waals surface area contributed by atoms with Crippen molar-refractivity contribution in [2.24, 2.45) is 0 Å². The lowest BCUT2D eigenvalue weighted by Gasteiger charge is -2.08. The quantitative estimate of drug-likeness (QED) is 0.738. The standard InChI is InChI=1S/C8H4ClF3O2/c9-5-2-1-4(3-13)6(10)7(5)14-8(11)12/h1-3,8H. The molecular formula is C8H4ClF3O2. The third-order valence-electron chi connectivity index (χ3n) is 1.41. The first-order valence-electron chi connectivity index (χ1n) is 3.44. The van der Waals surface area contributed by atoms with Gasteiger partial charge in [-0.15, -0.1) is 0 Å². The number of carbonyl (C=O) groups excluding carboxylic acids is 1. The fourth-order valence-electron chi connectivity index (χ4n) is 0.836. The maximum absolute atomic E-state index is 13.1. The molecule has 0 atom stereocenters. The van der Waals surface area contributed by atoms with E-state index < -0.39 is 18.2 Å². The summed E-state index contributed by atoms with van der Waals surface area (Å²) in [7, 11) is 0. The number of hydrogen-bond donors (Lipinski definition) is 0. The zero-order valence-electron chi connectivity index (χ0n) is 6.64. The molecule has 0 bridgehead atoms. The summed E-state index contributed by atoms with van der Waals surface area (Å²) in [6, 6.07) is 2.18.